The number of carbonyl (C=O) groups is 2. The van der Waals surface area contributed by atoms with Gasteiger partial charge in [0.2, 0.25) is 0 Å². The molecule has 19 heavy (non-hydrogen) atoms. The van der Waals surface area contributed by atoms with Gasteiger partial charge in [-0.25, -0.2) is 9.78 Å². The minimum Gasteiger partial charge on any atom is -0.480 e. The van der Waals surface area contributed by atoms with Crippen LogP contribution < -0.4 is 5.32 Å². The third-order valence-corrected chi connectivity index (χ3v) is 3.54. The first-order valence-electron chi connectivity index (χ1n) is 5.73. The number of aliphatic carboxylic acids is 1. The van der Waals surface area contributed by atoms with Crippen LogP contribution in [0, 0.1) is 0 Å². The number of halogens is 2. The Morgan fingerprint density at radius 1 is 1.37 bits per heavy atom. The van der Waals surface area contributed by atoms with Crippen LogP contribution in [0.5, 0.6) is 0 Å². The maximum Gasteiger partial charge on any atom is 0.329 e. The molecule has 1 aromatic heterocycles. The van der Waals surface area contributed by atoms with Gasteiger partial charge in [0.1, 0.15) is 10.7 Å². The minimum atomic E-state index is -1.31. The highest BCUT2D eigenvalue weighted by Crippen LogP contribution is 2.21. The predicted molar refractivity (Wildman–Crippen MR) is 72.7 cm³/mol. The lowest BCUT2D eigenvalue weighted by Crippen LogP contribution is -2.53. The Morgan fingerprint density at radius 3 is 2.42 bits per heavy atom. The topological polar surface area (TPSA) is 79.3 Å². The first-order chi connectivity index (χ1) is 8.86. The molecule has 1 amide bonds. The number of pyridine rings is 1. The Balaban J connectivity index is 3.07. The van der Waals surface area contributed by atoms with Crippen LogP contribution in [0.4, 0.5) is 0 Å². The number of nitrogens with zero attached hydrogens (tertiary/aromatic N) is 1. The van der Waals surface area contributed by atoms with Crippen LogP contribution in [0.1, 0.15) is 37.0 Å². The number of amides is 1. The summed E-state index contributed by atoms with van der Waals surface area (Å²) in [5, 5.41) is 12.0. The molecule has 0 aliphatic carbocycles. The van der Waals surface area contributed by atoms with Crippen LogP contribution in [-0.4, -0.2) is 27.5 Å². The molecule has 7 heteroatoms. The van der Waals surface area contributed by atoms with E-state index >= 15 is 0 Å². The molecule has 5 nitrogen and oxygen atoms in total. The van der Waals surface area contributed by atoms with E-state index in [0.717, 1.165) is 0 Å². The Kier molecular flexibility index (Phi) is 5.14. The molecule has 1 aromatic rings. The van der Waals surface area contributed by atoms with Crippen LogP contribution in [0.3, 0.4) is 0 Å². The summed E-state index contributed by atoms with van der Waals surface area (Å²) in [6, 6.07) is 1.30. The summed E-state index contributed by atoms with van der Waals surface area (Å²) in [5.74, 6) is -1.66. The smallest absolute Gasteiger partial charge is 0.329 e. The van der Waals surface area contributed by atoms with Crippen LogP contribution >= 0.6 is 23.2 Å². The van der Waals surface area contributed by atoms with E-state index in [0.29, 0.717) is 0 Å². The average molecular weight is 305 g/mol. The number of hydrogen-bond donors (Lipinski definition) is 2. The number of aromatic nitrogens is 1. The van der Waals surface area contributed by atoms with E-state index in [1.165, 1.54) is 12.3 Å². The largest absolute Gasteiger partial charge is 0.480 e. The van der Waals surface area contributed by atoms with Crippen molar-refractivity contribution in [1.29, 1.82) is 0 Å². The van der Waals surface area contributed by atoms with E-state index in [-0.39, 0.29) is 28.6 Å². The molecule has 0 atom stereocenters. The highest BCUT2D eigenvalue weighted by molar-refractivity contribution is 6.35. The van der Waals surface area contributed by atoms with Gasteiger partial charge >= 0.3 is 5.97 Å². The molecule has 0 bridgehead atoms. The third kappa shape index (κ3) is 3.36. The van der Waals surface area contributed by atoms with Crippen LogP contribution in [-0.2, 0) is 4.79 Å². The maximum atomic E-state index is 12.1. The molecule has 0 aliphatic heterocycles. The van der Waals surface area contributed by atoms with Gasteiger partial charge in [0.05, 0.1) is 10.6 Å². The highest BCUT2D eigenvalue weighted by atomic mass is 35.5. The molecule has 0 aromatic carbocycles. The van der Waals surface area contributed by atoms with Crippen molar-refractivity contribution in [2.45, 2.75) is 32.2 Å². The quantitative estimate of drug-likeness (QED) is 0.820. The van der Waals surface area contributed by atoms with Gasteiger partial charge in [-0.1, -0.05) is 37.0 Å². The van der Waals surface area contributed by atoms with E-state index < -0.39 is 17.4 Å². The van der Waals surface area contributed by atoms with Crippen LogP contribution in [0.2, 0.25) is 10.2 Å². The van der Waals surface area contributed by atoms with Crippen molar-refractivity contribution in [1.82, 2.24) is 10.3 Å². The highest BCUT2D eigenvalue weighted by Gasteiger charge is 2.37. The number of carboxylic acid groups (broad SMARTS) is 1. The maximum absolute atomic E-state index is 12.1. The lowest BCUT2D eigenvalue weighted by molar-refractivity contribution is -0.144. The Bertz CT molecular complexity index is 502. The molecule has 1 heterocycles. The minimum absolute atomic E-state index is 0.106. The van der Waals surface area contributed by atoms with Crippen molar-refractivity contribution in [3.8, 4) is 0 Å². The Morgan fingerprint density at radius 2 is 1.95 bits per heavy atom. The zero-order valence-electron chi connectivity index (χ0n) is 10.5. The molecule has 104 valence electrons. The van der Waals surface area contributed by atoms with Gasteiger partial charge in [-0.05, 0) is 18.9 Å². The van der Waals surface area contributed by atoms with Gasteiger partial charge in [0, 0.05) is 6.20 Å². The van der Waals surface area contributed by atoms with Gasteiger partial charge in [-0.3, -0.25) is 4.79 Å². The number of carbonyl (C=O) groups excluding carboxylic acids is 1. The number of nitrogens with one attached hydrogen (secondary N) is 1. The van der Waals surface area contributed by atoms with Crippen molar-refractivity contribution in [2.24, 2.45) is 0 Å². The second-order valence-corrected chi connectivity index (χ2v) is 4.83. The Labute approximate surface area is 120 Å². The summed E-state index contributed by atoms with van der Waals surface area (Å²) in [5.41, 5.74) is -1.20. The lowest BCUT2D eigenvalue weighted by Gasteiger charge is -2.28. The van der Waals surface area contributed by atoms with Crippen molar-refractivity contribution in [3.05, 3.63) is 28.0 Å². The standard InChI is InChI=1S/C12H14Cl2N2O3/c1-3-12(4-2,11(18)19)16-10(17)7-5-9(14)15-6-8(7)13/h5-6H,3-4H2,1-2H3,(H,16,17)(H,18,19). The molecule has 0 saturated heterocycles. The van der Waals surface area contributed by atoms with E-state index in [1.807, 2.05) is 0 Å². The van der Waals surface area contributed by atoms with Crippen LogP contribution in [0.25, 0.3) is 0 Å². The number of hydrogen-bond acceptors (Lipinski definition) is 3. The summed E-state index contributed by atoms with van der Waals surface area (Å²) in [6.07, 6.45) is 1.78. The van der Waals surface area contributed by atoms with E-state index in [2.05, 4.69) is 10.3 Å². The first-order valence-corrected chi connectivity index (χ1v) is 6.48. The summed E-state index contributed by atoms with van der Waals surface area (Å²) in [6.45, 7) is 3.39. The first kappa shape index (κ1) is 15.7. The molecular formula is C12H14Cl2N2O3. The van der Waals surface area contributed by atoms with Crippen molar-refractivity contribution in [3.63, 3.8) is 0 Å². The molecule has 1 rings (SSSR count). The number of carboxylic acids is 1. The van der Waals surface area contributed by atoms with Gasteiger partial charge < -0.3 is 10.4 Å². The second kappa shape index (κ2) is 6.21. The van der Waals surface area contributed by atoms with Crippen LogP contribution in [0.15, 0.2) is 12.3 Å². The monoisotopic (exact) mass is 304 g/mol. The van der Waals surface area contributed by atoms with Gasteiger partial charge in [0.15, 0.2) is 0 Å². The fourth-order valence-electron chi connectivity index (χ4n) is 1.65. The second-order valence-electron chi connectivity index (χ2n) is 4.04. The molecule has 0 unspecified atom stereocenters. The summed E-state index contributed by atoms with van der Waals surface area (Å²) >= 11 is 11.6. The lowest BCUT2D eigenvalue weighted by atomic mass is 9.92. The molecule has 0 fully saturated rings. The van der Waals surface area contributed by atoms with Gasteiger partial charge in [-0.15, -0.1) is 0 Å². The van der Waals surface area contributed by atoms with Crippen molar-refractivity contribution in [2.75, 3.05) is 0 Å². The summed E-state index contributed by atoms with van der Waals surface area (Å²) in [7, 11) is 0. The normalized spacial score (nSPS) is 11.2. The van der Waals surface area contributed by atoms with Gasteiger partial charge in [0.25, 0.3) is 5.91 Å². The van der Waals surface area contributed by atoms with E-state index in [4.69, 9.17) is 23.2 Å². The predicted octanol–water partition coefficient (Wildman–Crippen LogP) is 2.76. The fourth-order valence-corrected chi connectivity index (χ4v) is 2.00. The molecule has 0 aliphatic rings. The average Bonchev–Trinajstić information content (AvgIpc) is 2.38. The number of rotatable bonds is 5. The SMILES string of the molecule is CCC(CC)(NC(=O)c1cc(Cl)ncc1Cl)C(=O)O. The molecule has 0 spiro atoms. The zero-order chi connectivity index (χ0) is 14.6. The molecule has 0 saturated carbocycles. The molecule has 2 N–H and O–H groups in total. The molecule has 0 radical (unpaired) electrons. The van der Waals surface area contributed by atoms with Crippen molar-refractivity contribution < 1.29 is 14.7 Å². The fraction of sp³-hybridized carbons (Fsp3) is 0.417. The Hall–Kier alpha value is -1.33. The van der Waals surface area contributed by atoms with Gasteiger partial charge in [-0.2, -0.15) is 0 Å². The van der Waals surface area contributed by atoms with Crippen molar-refractivity contribution >= 4 is 35.1 Å². The summed E-state index contributed by atoms with van der Waals surface area (Å²) < 4.78 is 0. The van der Waals surface area contributed by atoms with E-state index in [1.54, 1.807) is 13.8 Å². The zero-order valence-corrected chi connectivity index (χ0v) is 12.0. The summed E-state index contributed by atoms with van der Waals surface area (Å²) in [4.78, 5) is 27.2. The van der Waals surface area contributed by atoms with E-state index in [9.17, 15) is 14.7 Å². The third-order valence-electron chi connectivity index (χ3n) is 3.04. The molecular weight excluding hydrogens is 291 g/mol.